The molecule has 0 atom stereocenters. The number of aromatic nitrogens is 4. The third-order valence-corrected chi connectivity index (χ3v) is 5.13. The van der Waals surface area contributed by atoms with Crippen LogP contribution in [0.5, 0.6) is 0 Å². The first-order valence-electron chi connectivity index (χ1n) is 7.97. The van der Waals surface area contributed by atoms with E-state index in [1.165, 1.54) is 28.2 Å². The van der Waals surface area contributed by atoms with Crippen LogP contribution in [-0.4, -0.2) is 30.8 Å². The fraction of sp³-hybridized carbons (Fsp3) is 0.0588. The van der Waals surface area contributed by atoms with Gasteiger partial charge in [-0.15, -0.1) is 5.10 Å². The van der Waals surface area contributed by atoms with Gasteiger partial charge in [-0.3, -0.25) is 20.2 Å². The lowest BCUT2D eigenvalue weighted by Gasteiger charge is -2.03. The predicted octanol–water partition coefficient (Wildman–Crippen LogP) is 4.00. The second kappa shape index (κ2) is 6.98. The Bertz CT molecular complexity index is 1230. The second-order valence-electron chi connectivity index (χ2n) is 5.80. The summed E-state index contributed by atoms with van der Waals surface area (Å²) in [6, 6.07) is 11.2. The molecule has 2 aromatic carbocycles. The number of carbonyl (C=O) groups excluding carboxylic acids is 1. The van der Waals surface area contributed by atoms with Crippen molar-refractivity contribution in [3.8, 4) is 5.69 Å². The van der Waals surface area contributed by atoms with Gasteiger partial charge in [0, 0.05) is 17.2 Å². The molecule has 4 rings (SSSR count). The number of nitrogens with one attached hydrogen (secondary N) is 1. The Hall–Kier alpha value is -3.37. The van der Waals surface area contributed by atoms with Gasteiger partial charge in [0.2, 0.25) is 0 Å². The molecule has 140 valence electrons. The highest BCUT2D eigenvalue weighted by Crippen LogP contribution is 2.28. The van der Waals surface area contributed by atoms with Gasteiger partial charge in [0.1, 0.15) is 0 Å². The lowest BCUT2D eigenvalue weighted by Crippen LogP contribution is -2.14. The summed E-state index contributed by atoms with van der Waals surface area (Å²) < 4.78 is 2.22. The molecule has 0 bridgehead atoms. The average Bonchev–Trinajstić information content (AvgIpc) is 3.24. The van der Waals surface area contributed by atoms with E-state index in [1.807, 2.05) is 0 Å². The highest BCUT2D eigenvalue weighted by molar-refractivity contribution is 7.22. The summed E-state index contributed by atoms with van der Waals surface area (Å²) in [5.41, 5.74) is 1.63. The molecule has 0 saturated carbocycles. The van der Waals surface area contributed by atoms with Crippen LogP contribution in [0.1, 0.15) is 16.2 Å². The molecule has 0 saturated heterocycles. The van der Waals surface area contributed by atoms with Gasteiger partial charge in [-0.05, 0) is 31.2 Å². The van der Waals surface area contributed by atoms with E-state index in [1.54, 1.807) is 37.3 Å². The molecule has 0 aliphatic rings. The van der Waals surface area contributed by atoms with Crippen LogP contribution in [0.15, 0.2) is 42.5 Å². The maximum absolute atomic E-state index is 12.6. The largest absolute Gasteiger partial charge is 0.296 e. The Labute approximate surface area is 166 Å². The Morgan fingerprint density at radius 3 is 2.89 bits per heavy atom. The standard InChI is InChI=1S/C17H11ClN6O3S/c1-9-15(21-22-23(9)11-3-2-4-12(8-11)24(26)27)16(25)20-17-19-13-6-5-10(18)7-14(13)28-17/h2-8H,1H3,(H,19,20,25). The molecule has 0 unspecified atom stereocenters. The van der Waals surface area contributed by atoms with Crippen LogP contribution >= 0.6 is 22.9 Å². The number of fused-ring (bicyclic) bond motifs is 1. The Morgan fingerprint density at radius 2 is 2.11 bits per heavy atom. The Kier molecular flexibility index (Phi) is 4.49. The lowest BCUT2D eigenvalue weighted by atomic mass is 10.2. The van der Waals surface area contributed by atoms with Crippen LogP contribution in [0.3, 0.4) is 0 Å². The highest BCUT2D eigenvalue weighted by atomic mass is 35.5. The van der Waals surface area contributed by atoms with E-state index in [0.29, 0.717) is 21.5 Å². The van der Waals surface area contributed by atoms with Crippen LogP contribution in [-0.2, 0) is 0 Å². The van der Waals surface area contributed by atoms with Gasteiger partial charge in [-0.2, -0.15) is 0 Å². The van der Waals surface area contributed by atoms with E-state index < -0.39 is 10.8 Å². The summed E-state index contributed by atoms with van der Waals surface area (Å²) in [7, 11) is 0. The molecule has 0 aliphatic carbocycles. The average molecular weight is 415 g/mol. The minimum Gasteiger partial charge on any atom is -0.296 e. The molecule has 2 aromatic heterocycles. The highest BCUT2D eigenvalue weighted by Gasteiger charge is 2.20. The molecule has 0 radical (unpaired) electrons. The molecule has 1 N–H and O–H groups in total. The van der Waals surface area contributed by atoms with Crippen LogP contribution in [0, 0.1) is 17.0 Å². The van der Waals surface area contributed by atoms with E-state index in [4.69, 9.17) is 11.6 Å². The molecule has 11 heteroatoms. The fourth-order valence-corrected chi connectivity index (χ4v) is 3.77. The van der Waals surface area contributed by atoms with Gasteiger partial charge in [-0.25, -0.2) is 9.67 Å². The monoisotopic (exact) mass is 414 g/mol. The van der Waals surface area contributed by atoms with Crippen LogP contribution in [0.25, 0.3) is 15.9 Å². The quantitative estimate of drug-likeness (QED) is 0.398. The zero-order chi connectivity index (χ0) is 19.8. The zero-order valence-electron chi connectivity index (χ0n) is 14.3. The molecule has 0 spiro atoms. The third kappa shape index (κ3) is 3.30. The number of rotatable bonds is 4. The van der Waals surface area contributed by atoms with E-state index in [0.717, 1.165) is 10.2 Å². The number of halogens is 1. The van der Waals surface area contributed by atoms with Gasteiger partial charge in [0.05, 0.1) is 26.5 Å². The van der Waals surface area contributed by atoms with Crippen molar-refractivity contribution in [3.63, 3.8) is 0 Å². The van der Waals surface area contributed by atoms with Crippen LogP contribution in [0.2, 0.25) is 5.02 Å². The Morgan fingerprint density at radius 1 is 1.29 bits per heavy atom. The van der Waals surface area contributed by atoms with Crippen molar-refractivity contribution in [1.29, 1.82) is 0 Å². The predicted molar refractivity (Wildman–Crippen MR) is 105 cm³/mol. The van der Waals surface area contributed by atoms with E-state index >= 15 is 0 Å². The van der Waals surface area contributed by atoms with Gasteiger partial charge >= 0.3 is 0 Å². The maximum atomic E-state index is 12.6. The number of hydrogen-bond acceptors (Lipinski definition) is 7. The number of nitro benzene ring substituents is 1. The molecular weight excluding hydrogens is 404 g/mol. The van der Waals surface area contributed by atoms with Crippen molar-refractivity contribution < 1.29 is 9.72 Å². The van der Waals surface area contributed by atoms with E-state index in [2.05, 4.69) is 20.6 Å². The Balaban J connectivity index is 1.62. The topological polar surface area (TPSA) is 116 Å². The summed E-state index contributed by atoms with van der Waals surface area (Å²) in [5.74, 6) is -0.473. The third-order valence-electron chi connectivity index (χ3n) is 3.97. The first kappa shape index (κ1) is 18.0. The SMILES string of the molecule is Cc1c(C(=O)Nc2nc3ccc(Cl)cc3s2)nnn1-c1cccc([N+](=O)[O-])c1. The first-order valence-corrected chi connectivity index (χ1v) is 9.16. The molecule has 1 amide bonds. The number of nitro groups is 1. The van der Waals surface area contributed by atoms with Gasteiger partial charge < -0.3 is 0 Å². The molecule has 9 nitrogen and oxygen atoms in total. The van der Waals surface area contributed by atoms with E-state index in [-0.39, 0.29) is 11.4 Å². The zero-order valence-corrected chi connectivity index (χ0v) is 15.9. The van der Waals surface area contributed by atoms with Crippen molar-refractivity contribution >= 4 is 49.9 Å². The van der Waals surface area contributed by atoms with Crippen molar-refractivity contribution in [2.24, 2.45) is 0 Å². The normalized spacial score (nSPS) is 10.9. The molecule has 0 fully saturated rings. The lowest BCUT2D eigenvalue weighted by molar-refractivity contribution is -0.384. The van der Waals surface area contributed by atoms with Crippen LogP contribution < -0.4 is 5.32 Å². The van der Waals surface area contributed by atoms with Crippen molar-refractivity contribution in [1.82, 2.24) is 20.0 Å². The summed E-state index contributed by atoms with van der Waals surface area (Å²) in [6.45, 7) is 1.66. The summed E-state index contributed by atoms with van der Waals surface area (Å²) >= 11 is 7.26. The molecule has 2 heterocycles. The first-order chi connectivity index (χ1) is 13.4. The molecule has 4 aromatic rings. The second-order valence-corrected chi connectivity index (χ2v) is 7.26. The number of benzene rings is 2. The van der Waals surface area contributed by atoms with Gasteiger partial charge in [-0.1, -0.05) is 34.2 Å². The van der Waals surface area contributed by atoms with Crippen LogP contribution in [0.4, 0.5) is 10.8 Å². The summed E-state index contributed by atoms with van der Waals surface area (Å²) in [4.78, 5) is 27.4. The number of amides is 1. The molecule has 28 heavy (non-hydrogen) atoms. The number of non-ortho nitro benzene ring substituents is 1. The number of carbonyl (C=O) groups is 1. The summed E-state index contributed by atoms with van der Waals surface area (Å²) in [5, 5.41) is 22.5. The number of nitrogens with zero attached hydrogens (tertiary/aromatic N) is 5. The van der Waals surface area contributed by atoms with Crippen molar-refractivity contribution in [2.75, 3.05) is 5.32 Å². The summed E-state index contributed by atoms with van der Waals surface area (Å²) in [6.07, 6.45) is 0. The van der Waals surface area contributed by atoms with Crippen molar-refractivity contribution in [3.05, 3.63) is 69.0 Å². The smallest absolute Gasteiger partial charge is 0.279 e. The van der Waals surface area contributed by atoms with Crippen molar-refractivity contribution in [2.45, 2.75) is 6.92 Å². The van der Waals surface area contributed by atoms with Gasteiger partial charge in [0.25, 0.3) is 11.6 Å². The number of anilines is 1. The minimum atomic E-state index is -0.497. The minimum absolute atomic E-state index is 0.0773. The number of thiazole rings is 1. The van der Waals surface area contributed by atoms with E-state index in [9.17, 15) is 14.9 Å². The fourth-order valence-electron chi connectivity index (χ4n) is 2.63. The maximum Gasteiger partial charge on any atom is 0.279 e. The van der Waals surface area contributed by atoms with Gasteiger partial charge in [0.15, 0.2) is 10.8 Å². The molecule has 0 aliphatic heterocycles. The molecular formula is C17H11ClN6O3S. The number of hydrogen-bond donors (Lipinski definition) is 1.